The Kier molecular flexibility index (Phi) is 4.64. The first kappa shape index (κ1) is 14.3. The Morgan fingerprint density at radius 1 is 1.06 bits per heavy atom. The molecule has 2 aromatic rings. The summed E-state index contributed by atoms with van der Waals surface area (Å²) in [5.41, 5.74) is 2.63. The van der Waals surface area contributed by atoms with Crippen LogP contribution < -0.4 is 5.32 Å². The van der Waals surface area contributed by atoms with Crippen LogP contribution in [-0.2, 0) is 0 Å². The summed E-state index contributed by atoms with van der Waals surface area (Å²) in [4.78, 5) is 2.74. The molecule has 4 heteroatoms. The highest BCUT2D eigenvalue weighted by Gasteiger charge is 2.17. The van der Waals surface area contributed by atoms with Crippen molar-refractivity contribution in [1.82, 2.24) is 5.32 Å². The van der Waals surface area contributed by atoms with Crippen LogP contribution in [0.15, 0.2) is 33.2 Å². The third-order valence-corrected chi connectivity index (χ3v) is 4.79. The normalized spacial score (nSPS) is 12.7. The Labute approximate surface area is 129 Å². The van der Waals surface area contributed by atoms with Gasteiger partial charge in [-0.2, -0.15) is 0 Å². The number of hydrogen-bond acceptors (Lipinski definition) is 2. The van der Waals surface area contributed by atoms with Gasteiger partial charge in [0.15, 0.2) is 0 Å². The molecule has 0 aliphatic rings. The molecule has 1 aromatic carbocycles. The molecule has 1 unspecified atom stereocenters. The van der Waals surface area contributed by atoms with Crippen molar-refractivity contribution in [3.05, 3.63) is 54.1 Å². The van der Waals surface area contributed by atoms with E-state index in [-0.39, 0.29) is 6.04 Å². The van der Waals surface area contributed by atoms with Crippen LogP contribution in [0.4, 0.5) is 0 Å². The van der Waals surface area contributed by atoms with Gasteiger partial charge in [-0.05, 0) is 56.3 Å². The van der Waals surface area contributed by atoms with Crippen molar-refractivity contribution < 1.29 is 0 Å². The molecule has 18 heavy (non-hydrogen) atoms. The molecule has 0 aliphatic carbocycles. The summed E-state index contributed by atoms with van der Waals surface area (Å²) < 4.78 is 2.19. The van der Waals surface area contributed by atoms with Crippen molar-refractivity contribution in [3.63, 3.8) is 0 Å². The lowest BCUT2D eigenvalue weighted by molar-refractivity contribution is 0.690. The number of aryl methyl sites for hydroxylation is 2. The number of thiophene rings is 1. The number of nitrogens with one attached hydrogen (secondary N) is 1. The van der Waals surface area contributed by atoms with E-state index in [4.69, 9.17) is 0 Å². The van der Waals surface area contributed by atoms with Gasteiger partial charge in [0.25, 0.3) is 0 Å². The third kappa shape index (κ3) is 3.05. The lowest BCUT2D eigenvalue weighted by atomic mass is 9.99. The Balaban J connectivity index is 2.48. The van der Waals surface area contributed by atoms with Gasteiger partial charge in [-0.15, -0.1) is 11.3 Å². The summed E-state index contributed by atoms with van der Waals surface area (Å²) in [7, 11) is 2.01. The van der Waals surface area contributed by atoms with Crippen molar-refractivity contribution in [1.29, 1.82) is 0 Å². The molecule has 0 bridgehead atoms. The fraction of sp³-hybridized carbons (Fsp3) is 0.286. The molecule has 0 amide bonds. The predicted molar refractivity (Wildman–Crippen MR) is 86.5 cm³/mol. The average Bonchev–Trinajstić information content (AvgIpc) is 2.58. The molecule has 2 rings (SSSR count). The zero-order valence-electron chi connectivity index (χ0n) is 10.6. The molecule has 1 N–H and O–H groups in total. The molecule has 96 valence electrons. The van der Waals surface area contributed by atoms with Crippen molar-refractivity contribution in [3.8, 4) is 0 Å². The minimum atomic E-state index is 0.240. The van der Waals surface area contributed by atoms with E-state index in [1.54, 1.807) is 0 Å². The van der Waals surface area contributed by atoms with E-state index in [1.165, 1.54) is 20.9 Å². The Morgan fingerprint density at radius 3 is 2.11 bits per heavy atom. The van der Waals surface area contributed by atoms with Crippen LogP contribution >= 0.6 is 43.2 Å². The highest BCUT2D eigenvalue weighted by Crippen LogP contribution is 2.33. The van der Waals surface area contributed by atoms with Crippen LogP contribution in [-0.4, -0.2) is 7.05 Å². The fourth-order valence-corrected chi connectivity index (χ4v) is 4.47. The standard InChI is InChI=1S/C14H15Br2NS/c1-8-4-13(9(2)18-8)14(17-3)10-5-11(15)7-12(16)6-10/h4-7,14,17H,1-3H3. The van der Waals surface area contributed by atoms with Crippen molar-refractivity contribution in [2.75, 3.05) is 7.05 Å². The second kappa shape index (κ2) is 5.87. The molecular formula is C14H15Br2NS. The van der Waals surface area contributed by atoms with Gasteiger partial charge in [0, 0.05) is 18.7 Å². The smallest absolute Gasteiger partial charge is 0.0586 e. The lowest BCUT2D eigenvalue weighted by Gasteiger charge is -2.17. The maximum absolute atomic E-state index is 3.55. The first-order valence-electron chi connectivity index (χ1n) is 5.71. The Morgan fingerprint density at radius 2 is 1.67 bits per heavy atom. The number of rotatable bonds is 3. The molecule has 0 saturated carbocycles. The molecule has 0 aliphatic heterocycles. The molecule has 1 atom stereocenters. The molecular weight excluding hydrogens is 374 g/mol. The zero-order valence-corrected chi connectivity index (χ0v) is 14.5. The zero-order chi connectivity index (χ0) is 13.3. The van der Waals surface area contributed by atoms with Crippen LogP contribution in [0.25, 0.3) is 0 Å². The van der Waals surface area contributed by atoms with Crippen molar-refractivity contribution >= 4 is 43.2 Å². The number of benzene rings is 1. The van der Waals surface area contributed by atoms with Gasteiger partial charge in [0.2, 0.25) is 0 Å². The first-order valence-corrected chi connectivity index (χ1v) is 8.11. The SMILES string of the molecule is CNC(c1cc(Br)cc(Br)c1)c1cc(C)sc1C. The molecule has 0 saturated heterocycles. The van der Waals surface area contributed by atoms with Gasteiger partial charge in [0.1, 0.15) is 0 Å². The molecule has 0 radical (unpaired) electrons. The van der Waals surface area contributed by atoms with E-state index in [9.17, 15) is 0 Å². The topological polar surface area (TPSA) is 12.0 Å². The predicted octanol–water partition coefficient (Wildman–Crippen LogP) is 5.20. The fourth-order valence-electron chi connectivity index (χ4n) is 2.18. The highest BCUT2D eigenvalue weighted by atomic mass is 79.9. The van der Waals surface area contributed by atoms with Crippen LogP contribution in [0.1, 0.15) is 26.9 Å². The van der Waals surface area contributed by atoms with Gasteiger partial charge in [-0.1, -0.05) is 31.9 Å². The summed E-state index contributed by atoms with van der Waals surface area (Å²) >= 11 is 8.96. The van der Waals surface area contributed by atoms with Crippen LogP contribution in [0.3, 0.4) is 0 Å². The van der Waals surface area contributed by atoms with E-state index in [1.807, 2.05) is 18.4 Å². The van der Waals surface area contributed by atoms with Gasteiger partial charge in [0.05, 0.1) is 6.04 Å². The summed E-state index contributed by atoms with van der Waals surface area (Å²) in [6, 6.07) is 8.90. The maximum atomic E-state index is 3.55. The average molecular weight is 389 g/mol. The Bertz CT molecular complexity index is 543. The summed E-state index contributed by atoms with van der Waals surface area (Å²) in [5, 5.41) is 3.41. The van der Waals surface area contributed by atoms with E-state index < -0.39 is 0 Å². The minimum Gasteiger partial charge on any atom is -0.309 e. The van der Waals surface area contributed by atoms with Crippen LogP contribution in [0.5, 0.6) is 0 Å². The van der Waals surface area contributed by atoms with E-state index >= 15 is 0 Å². The van der Waals surface area contributed by atoms with Crippen LogP contribution in [0, 0.1) is 13.8 Å². The van der Waals surface area contributed by atoms with E-state index in [2.05, 4.69) is 75.3 Å². The molecule has 0 fully saturated rings. The summed E-state index contributed by atoms with van der Waals surface area (Å²) in [6.07, 6.45) is 0. The van der Waals surface area contributed by atoms with Crippen molar-refractivity contribution in [2.24, 2.45) is 0 Å². The van der Waals surface area contributed by atoms with Gasteiger partial charge >= 0.3 is 0 Å². The minimum absolute atomic E-state index is 0.240. The van der Waals surface area contributed by atoms with E-state index in [0.717, 1.165) is 8.95 Å². The quantitative estimate of drug-likeness (QED) is 0.761. The lowest BCUT2D eigenvalue weighted by Crippen LogP contribution is -2.17. The highest BCUT2D eigenvalue weighted by molar-refractivity contribution is 9.11. The second-order valence-corrected chi connectivity index (χ2v) is 7.58. The van der Waals surface area contributed by atoms with Crippen LogP contribution in [0.2, 0.25) is 0 Å². The van der Waals surface area contributed by atoms with Gasteiger partial charge < -0.3 is 5.32 Å². The Hall–Kier alpha value is -0.160. The summed E-state index contributed by atoms with van der Waals surface area (Å²) in [5.74, 6) is 0. The number of halogens is 2. The molecule has 1 heterocycles. The van der Waals surface area contributed by atoms with E-state index in [0.29, 0.717) is 0 Å². The summed E-state index contributed by atoms with van der Waals surface area (Å²) in [6.45, 7) is 4.34. The van der Waals surface area contributed by atoms with Gasteiger partial charge in [-0.3, -0.25) is 0 Å². The maximum Gasteiger partial charge on any atom is 0.0586 e. The van der Waals surface area contributed by atoms with Gasteiger partial charge in [-0.25, -0.2) is 0 Å². The molecule has 1 nitrogen and oxygen atoms in total. The van der Waals surface area contributed by atoms with Crippen molar-refractivity contribution in [2.45, 2.75) is 19.9 Å². The second-order valence-electron chi connectivity index (χ2n) is 4.29. The molecule has 0 spiro atoms. The first-order chi connectivity index (χ1) is 8.51. The largest absolute Gasteiger partial charge is 0.309 e. The third-order valence-electron chi connectivity index (χ3n) is 2.90. The number of hydrogen-bond donors (Lipinski definition) is 1. The monoisotopic (exact) mass is 387 g/mol. The molecule has 1 aromatic heterocycles.